The zero-order valence-electron chi connectivity index (χ0n) is 17.9. The minimum absolute atomic E-state index is 0.0942. The van der Waals surface area contributed by atoms with Crippen molar-refractivity contribution in [2.24, 2.45) is 5.92 Å². The van der Waals surface area contributed by atoms with Crippen molar-refractivity contribution in [3.8, 4) is 0 Å². The molecule has 2 aliphatic heterocycles. The first-order valence-corrected chi connectivity index (χ1v) is 11.6. The lowest BCUT2D eigenvalue weighted by molar-refractivity contribution is -0.132. The van der Waals surface area contributed by atoms with Crippen molar-refractivity contribution in [1.82, 2.24) is 15.5 Å². The van der Waals surface area contributed by atoms with Crippen LogP contribution in [0, 0.1) is 5.92 Å². The monoisotopic (exact) mass is 437 g/mol. The van der Waals surface area contributed by atoms with Gasteiger partial charge in [-0.3, -0.25) is 14.4 Å². The number of hydrogen-bond donors (Lipinski definition) is 2. The lowest BCUT2D eigenvalue weighted by atomic mass is 10.0. The molecule has 31 heavy (non-hydrogen) atoms. The molecule has 4 rings (SSSR count). The summed E-state index contributed by atoms with van der Waals surface area (Å²) in [7, 11) is 0. The van der Waals surface area contributed by atoms with Gasteiger partial charge in [0, 0.05) is 11.3 Å². The molecule has 0 radical (unpaired) electrons. The number of rotatable bonds is 6. The first-order chi connectivity index (χ1) is 14.9. The van der Waals surface area contributed by atoms with Crippen LogP contribution < -0.4 is 10.6 Å². The van der Waals surface area contributed by atoms with E-state index in [1.165, 1.54) is 0 Å². The van der Waals surface area contributed by atoms with Crippen LogP contribution >= 0.6 is 11.8 Å². The second kappa shape index (κ2) is 8.75. The number of fused-ring (bicyclic) bond motifs is 3. The van der Waals surface area contributed by atoms with E-state index < -0.39 is 12.1 Å². The molecule has 162 valence electrons. The molecule has 0 aliphatic carbocycles. The van der Waals surface area contributed by atoms with Gasteiger partial charge in [0.1, 0.15) is 17.5 Å². The van der Waals surface area contributed by atoms with Gasteiger partial charge in [-0.1, -0.05) is 62.4 Å². The van der Waals surface area contributed by atoms with Crippen LogP contribution in [0.3, 0.4) is 0 Å². The molecule has 7 heteroatoms. The van der Waals surface area contributed by atoms with Crippen molar-refractivity contribution >= 4 is 29.5 Å². The maximum Gasteiger partial charge on any atom is 0.256 e. The number of carbonyl (C=O) groups excluding carboxylic acids is 3. The van der Waals surface area contributed by atoms with Crippen LogP contribution in [-0.2, 0) is 9.59 Å². The fraction of sp³-hybridized carbons (Fsp3) is 0.375. The van der Waals surface area contributed by atoms with Gasteiger partial charge in [0.25, 0.3) is 5.91 Å². The largest absolute Gasteiger partial charge is 0.348 e. The van der Waals surface area contributed by atoms with E-state index >= 15 is 0 Å². The van der Waals surface area contributed by atoms with Crippen molar-refractivity contribution in [1.29, 1.82) is 0 Å². The van der Waals surface area contributed by atoms with E-state index in [4.69, 9.17) is 0 Å². The number of thioether (sulfide) groups is 1. The van der Waals surface area contributed by atoms with Crippen LogP contribution in [-0.4, -0.2) is 40.5 Å². The van der Waals surface area contributed by atoms with Crippen molar-refractivity contribution in [3.63, 3.8) is 0 Å². The fourth-order valence-electron chi connectivity index (χ4n) is 4.15. The van der Waals surface area contributed by atoms with E-state index in [2.05, 4.69) is 10.6 Å². The Kier molecular flexibility index (Phi) is 6.05. The Morgan fingerprint density at radius 2 is 1.68 bits per heavy atom. The van der Waals surface area contributed by atoms with Gasteiger partial charge in [0.2, 0.25) is 11.8 Å². The zero-order valence-corrected chi connectivity index (χ0v) is 18.7. The van der Waals surface area contributed by atoms with Crippen LogP contribution in [0.25, 0.3) is 0 Å². The summed E-state index contributed by atoms with van der Waals surface area (Å²) < 4.78 is 0. The van der Waals surface area contributed by atoms with Crippen LogP contribution in [0.4, 0.5) is 0 Å². The summed E-state index contributed by atoms with van der Waals surface area (Å²) in [5.41, 5.74) is 2.62. The molecular formula is C24H27N3O3S. The highest BCUT2D eigenvalue weighted by Crippen LogP contribution is 2.48. The standard InChI is InChI=1S/C24H27N3O3S/c1-14(2)20(22(29)25-15(3)16-9-5-4-6-10-16)26-21(28)19-13-31-24-18-12-8-7-11-17(18)23(30)27(19)24/h4-12,14-15,19-20,24H,13H2,1-3H3,(H,25,29)(H,26,28)/t15-,19+,20+,24-/m1/s1. The van der Waals surface area contributed by atoms with Crippen molar-refractivity contribution in [2.75, 3.05) is 5.75 Å². The summed E-state index contributed by atoms with van der Waals surface area (Å²) in [5.74, 6) is -0.198. The van der Waals surface area contributed by atoms with E-state index in [-0.39, 0.29) is 35.1 Å². The van der Waals surface area contributed by atoms with E-state index in [1.54, 1.807) is 22.7 Å². The maximum atomic E-state index is 13.2. The molecule has 1 saturated heterocycles. The lowest BCUT2D eigenvalue weighted by Crippen LogP contribution is -2.55. The molecular weight excluding hydrogens is 410 g/mol. The third kappa shape index (κ3) is 4.06. The second-order valence-corrected chi connectivity index (χ2v) is 9.49. The number of hydrogen-bond acceptors (Lipinski definition) is 4. The summed E-state index contributed by atoms with van der Waals surface area (Å²) in [5, 5.41) is 5.78. The number of carbonyl (C=O) groups is 3. The van der Waals surface area contributed by atoms with E-state index in [9.17, 15) is 14.4 Å². The molecule has 2 aromatic carbocycles. The Morgan fingerprint density at radius 3 is 2.39 bits per heavy atom. The second-order valence-electron chi connectivity index (χ2n) is 8.37. The van der Waals surface area contributed by atoms with Gasteiger partial charge in [0.05, 0.1) is 6.04 Å². The van der Waals surface area contributed by atoms with Gasteiger partial charge < -0.3 is 15.5 Å². The zero-order chi connectivity index (χ0) is 22.1. The Hall–Kier alpha value is -2.80. The molecule has 0 bridgehead atoms. The molecule has 2 N–H and O–H groups in total. The third-order valence-corrected chi connectivity index (χ3v) is 7.21. The first kappa shape index (κ1) is 21.4. The van der Waals surface area contributed by atoms with Gasteiger partial charge in [-0.05, 0) is 30.0 Å². The Bertz CT molecular complexity index is 995. The molecule has 0 aromatic heterocycles. The highest BCUT2D eigenvalue weighted by Gasteiger charge is 2.48. The highest BCUT2D eigenvalue weighted by atomic mass is 32.2. The number of nitrogens with one attached hydrogen (secondary N) is 2. The minimum Gasteiger partial charge on any atom is -0.348 e. The molecule has 3 amide bonds. The van der Waals surface area contributed by atoms with Gasteiger partial charge in [0.15, 0.2) is 0 Å². The summed E-state index contributed by atoms with van der Waals surface area (Å²) in [6.45, 7) is 5.73. The lowest BCUT2D eigenvalue weighted by Gasteiger charge is -2.28. The summed E-state index contributed by atoms with van der Waals surface area (Å²) in [6.07, 6.45) is 0. The molecule has 2 aliphatic rings. The third-order valence-electron chi connectivity index (χ3n) is 5.90. The van der Waals surface area contributed by atoms with Gasteiger partial charge in [-0.15, -0.1) is 11.8 Å². The maximum absolute atomic E-state index is 13.2. The smallest absolute Gasteiger partial charge is 0.256 e. The first-order valence-electron chi connectivity index (χ1n) is 10.6. The van der Waals surface area contributed by atoms with E-state index in [1.807, 2.05) is 69.3 Å². The Balaban J connectivity index is 1.45. The van der Waals surface area contributed by atoms with E-state index in [0.29, 0.717) is 11.3 Å². The number of nitrogens with zero attached hydrogens (tertiary/aromatic N) is 1. The highest BCUT2D eigenvalue weighted by molar-refractivity contribution is 7.99. The topological polar surface area (TPSA) is 78.5 Å². The normalized spacial score (nSPS) is 21.4. The minimum atomic E-state index is -0.678. The van der Waals surface area contributed by atoms with Gasteiger partial charge in [-0.2, -0.15) is 0 Å². The molecule has 6 nitrogen and oxygen atoms in total. The SMILES string of the molecule is CC(C)[C@H](NC(=O)[C@@H]1CS[C@@H]2c3ccccc3C(=O)N21)C(=O)N[C@H](C)c1ccccc1. The molecule has 2 heterocycles. The molecule has 4 atom stereocenters. The molecule has 0 saturated carbocycles. The molecule has 0 spiro atoms. The average Bonchev–Trinajstić information content (AvgIpc) is 3.32. The van der Waals surface area contributed by atoms with Crippen molar-refractivity contribution in [2.45, 2.75) is 44.3 Å². The predicted molar refractivity (Wildman–Crippen MR) is 121 cm³/mol. The van der Waals surface area contributed by atoms with Crippen LogP contribution in [0.2, 0.25) is 0 Å². The fourth-order valence-corrected chi connectivity index (χ4v) is 5.62. The van der Waals surface area contributed by atoms with Crippen LogP contribution in [0.5, 0.6) is 0 Å². The van der Waals surface area contributed by atoms with Crippen molar-refractivity contribution in [3.05, 3.63) is 71.3 Å². The average molecular weight is 438 g/mol. The summed E-state index contributed by atoms with van der Waals surface area (Å²) in [6, 6.07) is 15.8. The van der Waals surface area contributed by atoms with Crippen molar-refractivity contribution < 1.29 is 14.4 Å². The number of amides is 3. The summed E-state index contributed by atoms with van der Waals surface area (Å²) in [4.78, 5) is 40.7. The summed E-state index contributed by atoms with van der Waals surface area (Å²) >= 11 is 1.59. The Morgan fingerprint density at radius 1 is 1.00 bits per heavy atom. The quantitative estimate of drug-likeness (QED) is 0.727. The Labute approximate surface area is 186 Å². The van der Waals surface area contributed by atoms with Crippen LogP contribution in [0.1, 0.15) is 53.7 Å². The molecule has 2 aromatic rings. The molecule has 0 unspecified atom stereocenters. The number of benzene rings is 2. The van der Waals surface area contributed by atoms with E-state index in [0.717, 1.165) is 11.1 Å². The van der Waals surface area contributed by atoms with Gasteiger partial charge >= 0.3 is 0 Å². The predicted octanol–water partition coefficient (Wildman–Crippen LogP) is 3.27. The van der Waals surface area contributed by atoms with Crippen LogP contribution in [0.15, 0.2) is 54.6 Å². The van der Waals surface area contributed by atoms with Gasteiger partial charge in [-0.25, -0.2) is 0 Å². The molecule has 1 fully saturated rings.